The zero-order valence-electron chi connectivity index (χ0n) is 18.2. The molecule has 0 radical (unpaired) electrons. The molecule has 0 bridgehead atoms. The first kappa shape index (κ1) is 22.8. The molecule has 172 valence electrons. The summed E-state index contributed by atoms with van der Waals surface area (Å²) in [5, 5.41) is 11.3. The number of rotatable bonds is 5. The summed E-state index contributed by atoms with van der Waals surface area (Å²) in [5.74, 6) is -2.10. The zero-order chi connectivity index (χ0) is 23.5. The van der Waals surface area contributed by atoms with Crippen molar-refractivity contribution in [2.75, 3.05) is 37.4 Å². The van der Waals surface area contributed by atoms with Crippen LogP contribution in [-0.4, -0.2) is 54.1 Å². The van der Waals surface area contributed by atoms with E-state index >= 15 is 0 Å². The molecule has 1 aliphatic rings. The Morgan fingerprint density at radius 1 is 1.09 bits per heavy atom. The van der Waals surface area contributed by atoms with E-state index in [-0.39, 0.29) is 22.5 Å². The van der Waals surface area contributed by atoms with Gasteiger partial charge in [0.2, 0.25) is 5.01 Å². The summed E-state index contributed by atoms with van der Waals surface area (Å²) in [4.78, 5) is 29.1. The van der Waals surface area contributed by atoms with Gasteiger partial charge in [0.25, 0.3) is 11.8 Å². The zero-order valence-corrected chi connectivity index (χ0v) is 19.0. The summed E-state index contributed by atoms with van der Waals surface area (Å²) in [5.41, 5.74) is 1.50. The maximum atomic E-state index is 13.8. The number of likely N-dealkylation sites (tertiary alicyclic amines) is 1. The Morgan fingerprint density at radius 3 is 2.55 bits per heavy atom. The number of aromatic nitrogens is 2. The van der Waals surface area contributed by atoms with Gasteiger partial charge in [-0.15, -0.1) is 10.2 Å². The SMILES string of the molecule is CN(C)c1cccc(C(=O)N2CCC(c3nnc(C(=O)Nc4ccc(F)cc4F)s3)CC2)c1. The number of anilines is 2. The highest BCUT2D eigenvalue weighted by Gasteiger charge is 2.28. The third kappa shape index (κ3) is 5.16. The van der Waals surface area contributed by atoms with Crippen LogP contribution in [0.3, 0.4) is 0 Å². The van der Waals surface area contributed by atoms with E-state index in [2.05, 4.69) is 15.5 Å². The maximum Gasteiger partial charge on any atom is 0.286 e. The monoisotopic (exact) mass is 471 g/mol. The van der Waals surface area contributed by atoms with Crippen molar-refractivity contribution in [2.24, 2.45) is 0 Å². The summed E-state index contributed by atoms with van der Waals surface area (Å²) in [6.45, 7) is 1.16. The Morgan fingerprint density at radius 2 is 1.85 bits per heavy atom. The van der Waals surface area contributed by atoms with Crippen LogP contribution in [0.15, 0.2) is 42.5 Å². The molecular formula is C23H23F2N5O2S. The van der Waals surface area contributed by atoms with Crippen molar-refractivity contribution >= 4 is 34.5 Å². The van der Waals surface area contributed by atoms with Crippen molar-refractivity contribution in [1.82, 2.24) is 15.1 Å². The molecule has 1 aromatic heterocycles. The number of amides is 2. The number of carbonyl (C=O) groups is 2. The van der Waals surface area contributed by atoms with Gasteiger partial charge in [0.15, 0.2) is 0 Å². The second-order valence-corrected chi connectivity index (χ2v) is 9.04. The van der Waals surface area contributed by atoms with Crippen LogP contribution in [-0.2, 0) is 0 Å². The largest absolute Gasteiger partial charge is 0.378 e. The van der Waals surface area contributed by atoms with Gasteiger partial charge in [-0.25, -0.2) is 8.78 Å². The van der Waals surface area contributed by atoms with E-state index in [1.165, 1.54) is 0 Å². The lowest BCUT2D eigenvalue weighted by Gasteiger charge is -2.31. The van der Waals surface area contributed by atoms with E-state index in [9.17, 15) is 18.4 Å². The second kappa shape index (κ2) is 9.62. The maximum absolute atomic E-state index is 13.8. The molecule has 0 atom stereocenters. The van der Waals surface area contributed by atoms with Crippen molar-refractivity contribution in [1.29, 1.82) is 0 Å². The molecule has 4 rings (SSSR count). The molecule has 0 spiro atoms. The van der Waals surface area contributed by atoms with E-state index in [0.29, 0.717) is 42.6 Å². The van der Waals surface area contributed by atoms with Crippen LogP contribution in [0.4, 0.5) is 20.2 Å². The van der Waals surface area contributed by atoms with Crippen LogP contribution in [0.5, 0.6) is 0 Å². The molecule has 1 N–H and O–H groups in total. The van der Waals surface area contributed by atoms with Gasteiger partial charge < -0.3 is 15.1 Å². The number of hydrogen-bond acceptors (Lipinski definition) is 6. The molecule has 1 aliphatic heterocycles. The quantitative estimate of drug-likeness (QED) is 0.605. The number of piperidine rings is 1. The summed E-state index contributed by atoms with van der Waals surface area (Å²) in [7, 11) is 3.86. The van der Waals surface area contributed by atoms with Crippen molar-refractivity contribution in [3.8, 4) is 0 Å². The van der Waals surface area contributed by atoms with Gasteiger partial charge in [-0.05, 0) is 43.2 Å². The molecule has 2 amide bonds. The first-order chi connectivity index (χ1) is 15.8. The highest BCUT2D eigenvalue weighted by Crippen LogP contribution is 2.31. The lowest BCUT2D eigenvalue weighted by atomic mass is 9.97. The molecular weight excluding hydrogens is 448 g/mol. The Kier molecular flexibility index (Phi) is 6.64. The van der Waals surface area contributed by atoms with Gasteiger partial charge in [-0.1, -0.05) is 17.4 Å². The van der Waals surface area contributed by atoms with Gasteiger partial charge in [0.05, 0.1) is 5.69 Å². The molecule has 0 aliphatic carbocycles. The Balaban J connectivity index is 1.36. The van der Waals surface area contributed by atoms with E-state index in [4.69, 9.17) is 0 Å². The van der Waals surface area contributed by atoms with Crippen LogP contribution in [0.2, 0.25) is 0 Å². The molecule has 1 fully saturated rings. The van der Waals surface area contributed by atoms with Crippen LogP contribution < -0.4 is 10.2 Å². The molecule has 0 unspecified atom stereocenters. The van der Waals surface area contributed by atoms with Gasteiger partial charge >= 0.3 is 0 Å². The fraction of sp³-hybridized carbons (Fsp3) is 0.304. The topological polar surface area (TPSA) is 78.4 Å². The Hall–Kier alpha value is -3.40. The van der Waals surface area contributed by atoms with Gasteiger partial charge in [-0.2, -0.15) is 0 Å². The lowest BCUT2D eigenvalue weighted by molar-refractivity contribution is 0.0712. The number of halogens is 2. The van der Waals surface area contributed by atoms with Crippen molar-refractivity contribution in [2.45, 2.75) is 18.8 Å². The summed E-state index contributed by atoms with van der Waals surface area (Å²) in [6, 6.07) is 10.5. The number of benzene rings is 2. The summed E-state index contributed by atoms with van der Waals surface area (Å²) in [6.07, 6.45) is 1.42. The van der Waals surface area contributed by atoms with Crippen molar-refractivity contribution < 1.29 is 18.4 Å². The smallest absolute Gasteiger partial charge is 0.286 e. The lowest BCUT2D eigenvalue weighted by Crippen LogP contribution is -2.38. The van der Waals surface area contributed by atoms with Crippen LogP contribution >= 0.6 is 11.3 Å². The van der Waals surface area contributed by atoms with Crippen LogP contribution in [0, 0.1) is 11.6 Å². The number of hydrogen-bond donors (Lipinski definition) is 1. The van der Waals surface area contributed by atoms with Gasteiger partial charge in [-0.3, -0.25) is 9.59 Å². The van der Waals surface area contributed by atoms with E-state index in [1.54, 1.807) is 0 Å². The first-order valence-corrected chi connectivity index (χ1v) is 11.3. The standard InChI is InChI=1S/C23H23F2N5O2S/c1-29(2)17-5-3-4-15(12-17)23(32)30-10-8-14(9-11-30)21-27-28-22(33-21)20(31)26-19-7-6-16(24)13-18(19)25/h3-7,12-14H,8-11H2,1-2H3,(H,26,31). The van der Waals surface area contributed by atoms with Gasteiger partial charge in [0, 0.05) is 50.4 Å². The highest BCUT2D eigenvalue weighted by atomic mass is 32.1. The third-order valence-corrected chi connectivity index (χ3v) is 6.64. The Bertz CT molecular complexity index is 1180. The van der Waals surface area contributed by atoms with Crippen LogP contribution in [0.25, 0.3) is 0 Å². The van der Waals surface area contributed by atoms with Crippen molar-refractivity contribution in [3.63, 3.8) is 0 Å². The normalized spacial score (nSPS) is 14.2. The number of nitrogens with one attached hydrogen (secondary N) is 1. The fourth-order valence-corrected chi connectivity index (χ4v) is 4.59. The minimum Gasteiger partial charge on any atom is -0.378 e. The number of nitrogens with zero attached hydrogens (tertiary/aromatic N) is 4. The summed E-state index contributed by atoms with van der Waals surface area (Å²) >= 11 is 1.15. The molecule has 33 heavy (non-hydrogen) atoms. The molecule has 2 heterocycles. The van der Waals surface area contributed by atoms with Crippen molar-refractivity contribution in [3.05, 3.63) is 69.7 Å². The fourth-order valence-electron chi connectivity index (χ4n) is 3.69. The molecule has 2 aromatic carbocycles. The predicted octanol–water partition coefficient (Wildman–Crippen LogP) is 4.15. The number of carbonyl (C=O) groups excluding carboxylic acids is 2. The molecule has 0 saturated carbocycles. The van der Waals surface area contributed by atoms with E-state index in [1.807, 2.05) is 48.2 Å². The average molecular weight is 472 g/mol. The first-order valence-electron chi connectivity index (χ1n) is 10.5. The molecule has 1 saturated heterocycles. The predicted molar refractivity (Wildman–Crippen MR) is 123 cm³/mol. The average Bonchev–Trinajstić information content (AvgIpc) is 3.31. The van der Waals surface area contributed by atoms with Crippen LogP contribution in [0.1, 0.15) is 43.9 Å². The minimum atomic E-state index is -0.860. The third-order valence-electron chi connectivity index (χ3n) is 5.56. The Labute approximate surface area is 194 Å². The molecule has 10 heteroatoms. The summed E-state index contributed by atoms with van der Waals surface area (Å²) < 4.78 is 26.8. The minimum absolute atomic E-state index is 0.00388. The molecule has 7 nitrogen and oxygen atoms in total. The highest BCUT2D eigenvalue weighted by molar-refractivity contribution is 7.13. The van der Waals surface area contributed by atoms with E-state index < -0.39 is 17.5 Å². The van der Waals surface area contributed by atoms with E-state index in [0.717, 1.165) is 29.2 Å². The molecule has 3 aromatic rings. The second-order valence-electron chi connectivity index (χ2n) is 8.03. The van der Waals surface area contributed by atoms with Gasteiger partial charge in [0.1, 0.15) is 16.6 Å².